The van der Waals surface area contributed by atoms with E-state index < -0.39 is 0 Å². The molecule has 0 unspecified atom stereocenters. The number of rotatable bonds is 9. The predicted octanol–water partition coefficient (Wildman–Crippen LogP) is 2.99. The molecule has 10 heteroatoms. The van der Waals surface area contributed by atoms with Gasteiger partial charge in [0.1, 0.15) is 6.54 Å². The lowest BCUT2D eigenvalue weighted by Crippen LogP contribution is -2.48. The molecular formula is C23H30ClN5O3S. The van der Waals surface area contributed by atoms with Gasteiger partial charge in [-0.05, 0) is 37.2 Å². The average molecular weight is 492 g/mol. The van der Waals surface area contributed by atoms with E-state index in [2.05, 4.69) is 22.1 Å². The van der Waals surface area contributed by atoms with E-state index >= 15 is 0 Å². The second-order valence-corrected chi connectivity index (χ2v) is 9.21. The molecule has 3 amide bonds. The fraction of sp³-hybridized carbons (Fsp3) is 0.478. The lowest BCUT2D eigenvalue weighted by molar-refractivity contribution is -0.132. The maximum atomic E-state index is 12.8. The van der Waals surface area contributed by atoms with Crippen molar-refractivity contribution in [1.82, 2.24) is 19.7 Å². The number of carbonyl (C=O) groups excluding carboxylic acids is 3. The van der Waals surface area contributed by atoms with E-state index in [0.29, 0.717) is 28.0 Å². The molecule has 0 radical (unpaired) electrons. The monoisotopic (exact) mass is 491 g/mol. The van der Waals surface area contributed by atoms with Crippen molar-refractivity contribution >= 4 is 45.8 Å². The van der Waals surface area contributed by atoms with Gasteiger partial charge in [0, 0.05) is 48.7 Å². The number of likely N-dealkylation sites (N-methyl/N-ethyl adjacent to an activating group) is 1. The molecule has 1 aliphatic rings. The predicted molar refractivity (Wildman–Crippen MR) is 131 cm³/mol. The number of thiazole rings is 1. The second kappa shape index (κ2) is 12.1. The molecule has 1 aromatic carbocycles. The van der Waals surface area contributed by atoms with Crippen LogP contribution in [0.1, 0.15) is 36.3 Å². The summed E-state index contributed by atoms with van der Waals surface area (Å²) in [5.41, 5.74) is 1.12. The highest BCUT2D eigenvalue weighted by atomic mass is 35.5. The Bertz CT molecular complexity index is 957. The van der Waals surface area contributed by atoms with E-state index in [4.69, 9.17) is 11.6 Å². The molecule has 0 bridgehead atoms. The third-order valence-electron chi connectivity index (χ3n) is 5.51. The highest BCUT2D eigenvalue weighted by Gasteiger charge is 2.22. The van der Waals surface area contributed by atoms with Gasteiger partial charge in [-0.3, -0.25) is 14.4 Å². The number of halogens is 1. The summed E-state index contributed by atoms with van der Waals surface area (Å²) in [4.78, 5) is 48.0. The van der Waals surface area contributed by atoms with Crippen LogP contribution in [0.25, 0.3) is 0 Å². The Morgan fingerprint density at radius 2 is 1.82 bits per heavy atom. The van der Waals surface area contributed by atoms with Crippen molar-refractivity contribution in [3.8, 4) is 0 Å². The molecule has 3 rings (SSSR count). The fourth-order valence-corrected chi connectivity index (χ4v) is 4.51. The summed E-state index contributed by atoms with van der Waals surface area (Å²) in [6.07, 6.45) is 0.943. The molecule has 1 saturated heterocycles. The van der Waals surface area contributed by atoms with Crippen LogP contribution in [0, 0.1) is 0 Å². The first-order valence-corrected chi connectivity index (χ1v) is 12.4. The van der Waals surface area contributed by atoms with Crippen LogP contribution in [0.15, 0.2) is 29.6 Å². The van der Waals surface area contributed by atoms with Crippen LogP contribution in [-0.4, -0.2) is 83.2 Å². The number of anilines is 1. The second-order valence-electron chi connectivity index (χ2n) is 7.92. The van der Waals surface area contributed by atoms with Crippen LogP contribution in [0.2, 0.25) is 5.02 Å². The molecule has 0 aliphatic carbocycles. The summed E-state index contributed by atoms with van der Waals surface area (Å²) in [5, 5.41) is 5.52. The van der Waals surface area contributed by atoms with E-state index in [1.807, 2.05) is 11.8 Å². The molecule has 2 heterocycles. The normalized spacial score (nSPS) is 14.2. The van der Waals surface area contributed by atoms with Gasteiger partial charge in [-0.25, -0.2) is 4.98 Å². The van der Waals surface area contributed by atoms with E-state index in [9.17, 15) is 14.4 Å². The van der Waals surface area contributed by atoms with Crippen LogP contribution in [0.4, 0.5) is 5.13 Å². The first kappa shape index (κ1) is 25.1. The quantitative estimate of drug-likeness (QED) is 0.582. The lowest BCUT2D eigenvalue weighted by atomic mass is 10.2. The SMILES string of the molecule is CCCN(CC(=O)Nc1nc(CC(=O)N2CCN(CC)CC2)cs1)C(=O)c1ccc(Cl)cc1. The lowest BCUT2D eigenvalue weighted by Gasteiger charge is -2.34. The van der Waals surface area contributed by atoms with E-state index in [0.717, 1.165) is 39.1 Å². The number of amides is 3. The number of aromatic nitrogens is 1. The minimum absolute atomic E-state index is 0.0524. The molecule has 1 fully saturated rings. The molecule has 0 spiro atoms. The van der Waals surface area contributed by atoms with Crippen molar-refractivity contribution in [3.05, 3.63) is 45.9 Å². The van der Waals surface area contributed by atoms with Crippen molar-refractivity contribution in [2.75, 3.05) is 51.1 Å². The van der Waals surface area contributed by atoms with Crippen LogP contribution < -0.4 is 5.32 Å². The third kappa shape index (κ3) is 7.25. The van der Waals surface area contributed by atoms with Gasteiger partial charge in [0.25, 0.3) is 5.91 Å². The van der Waals surface area contributed by atoms with Crippen molar-refractivity contribution < 1.29 is 14.4 Å². The summed E-state index contributed by atoms with van der Waals surface area (Å²) >= 11 is 7.18. The zero-order valence-electron chi connectivity index (χ0n) is 19.1. The summed E-state index contributed by atoms with van der Waals surface area (Å²) < 4.78 is 0. The summed E-state index contributed by atoms with van der Waals surface area (Å²) in [7, 11) is 0. The van der Waals surface area contributed by atoms with Gasteiger partial charge in [-0.2, -0.15) is 0 Å². The fourth-order valence-electron chi connectivity index (χ4n) is 3.66. The highest BCUT2D eigenvalue weighted by molar-refractivity contribution is 7.13. The Balaban J connectivity index is 1.53. The smallest absolute Gasteiger partial charge is 0.254 e. The number of piperazine rings is 1. The first-order valence-electron chi connectivity index (χ1n) is 11.2. The molecule has 1 aromatic heterocycles. The number of benzene rings is 1. The average Bonchev–Trinajstić information content (AvgIpc) is 3.25. The summed E-state index contributed by atoms with van der Waals surface area (Å²) in [5.74, 6) is -0.498. The van der Waals surface area contributed by atoms with E-state index in [1.54, 1.807) is 29.6 Å². The van der Waals surface area contributed by atoms with Gasteiger partial charge < -0.3 is 20.0 Å². The summed E-state index contributed by atoms with van der Waals surface area (Å²) in [6, 6.07) is 6.61. The minimum atomic E-state index is -0.325. The number of carbonyl (C=O) groups is 3. The number of nitrogens with zero attached hydrogens (tertiary/aromatic N) is 4. The molecule has 178 valence electrons. The van der Waals surface area contributed by atoms with Crippen molar-refractivity contribution in [1.29, 1.82) is 0 Å². The minimum Gasteiger partial charge on any atom is -0.340 e. The van der Waals surface area contributed by atoms with Crippen molar-refractivity contribution in [3.63, 3.8) is 0 Å². The molecule has 1 aliphatic heterocycles. The zero-order valence-corrected chi connectivity index (χ0v) is 20.6. The molecule has 1 N–H and O–H groups in total. The van der Waals surface area contributed by atoms with Crippen LogP contribution >= 0.6 is 22.9 Å². The van der Waals surface area contributed by atoms with E-state index in [1.165, 1.54) is 16.2 Å². The van der Waals surface area contributed by atoms with Crippen LogP contribution in [0.5, 0.6) is 0 Å². The topological polar surface area (TPSA) is 85.8 Å². The van der Waals surface area contributed by atoms with Gasteiger partial charge in [0.05, 0.1) is 12.1 Å². The summed E-state index contributed by atoms with van der Waals surface area (Å²) in [6.45, 7) is 8.70. The standard InChI is InChI=1S/C23H30ClN5O3S/c1-3-9-29(22(32)17-5-7-18(24)8-6-17)15-20(30)26-23-25-19(16-33-23)14-21(31)28-12-10-27(4-2)11-13-28/h5-8,16H,3-4,9-15H2,1-2H3,(H,25,26,30). The Hall–Kier alpha value is -2.49. The molecule has 2 aromatic rings. The van der Waals surface area contributed by atoms with Gasteiger partial charge in [-0.15, -0.1) is 11.3 Å². The van der Waals surface area contributed by atoms with E-state index in [-0.39, 0.29) is 30.7 Å². The third-order valence-corrected chi connectivity index (χ3v) is 6.57. The molecular weight excluding hydrogens is 462 g/mol. The van der Waals surface area contributed by atoms with Crippen LogP contribution in [0.3, 0.4) is 0 Å². The van der Waals surface area contributed by atoms with Crippen molar-refractivity contribution in [2.24, 2.45) is 0 Å². The molecule has 33 heavy (non-hydrogen) atoms. The Morgan fingerprint density at radius 3 is 2.45 bits per heavy atom. The van der Waals surface area contributed by atoms with Gasteiger partial charge in [-0.1, -0.05) is 25.4 Å². The number of nitrogens with one attached hydrogen (secondary N) is 1. The Kier molecular flexibility index (Phi) is 9.22. The molecule has 8 nitrogen and oxygen atoms in total. The van der Waals surface area contributed by atoms with Gasteiger partial charge in [0.2, 0.25) is 11.8 Å². The zero-order chi connectivity index (χ0) is 23.8. The van der Waals surface area contributed by atoms with Crippen molar-refractivity contribution in [2.45, 2.75) is 26.7 Å². The Morgan fingerprint density at radius 1 is 1.12 bits per heavy atom. The van der Waals surface area contributed by atoms with Gasteiger partial charge in [0.15, 0.2) is 5.13 Å². The largest absolute Gasteiger partial charge is 0.340 e. The molecule has 0 saturated carbocycles. The maximum Gasteiger partial charge on any atom is 0.254 e. The highest BCUT2D eigenvalue weighted by Crippen LogP contribution is 2.17. The first-order chi connectivity index (χ1) is 15.9. The Labute approximate surface area is 203 Å². The van der Waals surface area contributed by atoms with Gasteiger partial charge >= 0.3 is 0 Å². The number of hydrogen-bond donors (Lipinski definition) is 1. The maximum absolute atomic E-state index is 12.8. The van der Waals surface area contributed by atoms with Crippen LogP contribution in [-0.2, 0) is 16.0 Å². The molecule has 0 atom stereocenters. The number of hydrogen-bond acceptors (Lipinski definition) is 6.